The Kier molecular flexibility index (Phi) is 2.45. The first-order valence-corrected chi connectivity index (χ1v) is 5.67. The summed E-state index contributed by atoms with van der Waals surface area (Å²) in [5, 5.41) is 11.7. The lowest BCUT2D eigenvalue weighted by Gasteiger charge is -1.98. The monoisotopic (exact) mass is 257 g/mol. The van der Waals surface area contributed by atoms with Crippen LogP contribution in [0.5, 0.6) is 0 Å². The normalized spacial score (nSPS) is 10.9. The summed E-state index contributed by atoms with van der Waals surface area (Å²) in [6, 6.07) is 9.57. The fourth-order valence-corrected chi connectivity index (χ4v) is 2.01. The van der Waals surface area contributed by atoms with E-state index in [4.69, 9.17) is 5.73 Å². The van der Waals surface area contributed by atoms with Gasteiger partial charge in [0, 0.05) is 0 Å². The summed E-state index contributed by atoms with van der Waals surface area (Å²) in [6.45, 7) is 0.447. The molecule has 0 aliphatic carbocycles. The summed E-state index contributed by atoms with van der Waals surface area (Å²) in [4.78, 5) is 18.0. The van der Waals surface area contributed by atoms with Crippen LogP contribution in [0.3, 0.4) is 0 Å². The zero-order chi connectivity index (χ0) is 13.4. The van der Waals surface area contributed by atoms with Gasteiger partial charge in [-0.3, -0.25) is 9.78 Å². The molecule has 0 atom stereocenters. The van der Waals surface area contributed by atoms with E-state index in [2.05, 4.69) is 9.97 Å². The van der Waals surface area contributed by atoms with Crippen LogP contribution in [0.1, 0.15) is 5.56 Å². The zero-order valence-electron chi connectivity index (χ0n) is 9.91. The minimum absolute atomic E-state index is 0.00879. The summed E-state index contributed by atoms with van der Waals surface area (Å²) < 4.78 is 2.10. The molecule has 96 valence electrons. The van der Waals surface area contributed by atoms with Gasteiger partial charge in [-0.25, -0.2) is 9.30 Å². The number of nitrogens with one attached hydrogen (secondary N) is 1. The zero-order valence-corrected chi connectivity index (χ0v) is 9.91. The fraction of sp³-hybridized carbons (Fsp3) is 0.0833. The average molecular weight is 257 g/mol. The maximum atomic E-state index is 11.7. The number of fused-ring (bicyclic) bond motifs is 1. The van der Waals surface area contributed by atoms with Crippen molar-refractivity contribution in [3.05, 3.63) is 57.8 Å². The lowest BCUT2D eigenvalue weighted by Crippen LogP contribution is -2.29. The molecule has 0 aliphatic heterocycles. The molecular weight excluding hydrogens is 246 g/mol. The van der Waals surface area contributed by atoms with Gasteiger partial charge in [-0.1, -0.05) is 30.3 Å². The molecule has 3 aromatic rings. The molecule has 0 bridgehead atoms. The van der Waals surface area contributed by atoms with Crippen LogP contribution in [0, 0.1) is 5.21 Å². The summed E-state index contributed by atoms with van der Waals surface area (Å²) in [7, 11) is 0. The molecule has 0 fully saturated rings. The van der Waals surface area contributed by atoms with Crippen LogP contribution in [0.4, 0.5) is 5.95 Å². The molecule has 7 nitrogen and oxygen atoms in total. The quantitative estimate of drug-likeness (QED) is 0.497. The van der Waals surface area contributed by atoms with Crippen molar-refractivity contribution in [2.45, 2.75) is 6.54 Å². The lowest BCUT2D eigenvalue weighted by atomic mass is 10.2. The molecule has 19 heavy (non-hydrogen) atoms. The average Bonchev–Trinajstić information content (AvgIpc) is 2.67. The topological polar surface area (TPSA) is 104 Å². The highest BCUT2D eigenvalue weighted by Gasteiger charge is 2.18. The number of imidazole rings is 1. The number of nitrogen functional groups attached to an aromatic ring is 1. The maximum Gasteiger partial charge on any atom is 0.304 e. The van der Waals surface area contributed by atoms with Gasteiger partial charge in [0.15, 0.2) is 0 Å². The molecule has 0 saturated heterocycles. The molecular formula is C12H11N5O2. The number of H-pyrrole nitrogens is 1. The number of hydrogen-bond donors (Lipinski definition) is 2. The number of nitrogens with two attached hydrogens (primary N) is 1. The highest BCUT2D eigenvalue weighted by atomic mass is 16.5. The summed E-state index contributed by atoms with van der Waals surface area (Å²) in [5.41, 5.74) is 6.21. The Morgan fingerprint density at radius 2 is 2.11 bits per heavy atom. The Bertz CT molecular complexity index is 791. The van der Waals surface area contributed by atoms with Crippen LogP contribution >= 0.6 is 0 Å². The van der Waals surface area contributed by atoms with E-state index >= 15 is 0 Å². The standard InChI is InChI=1S/C12H11N5O2/c13-12-14-10-9(11(18)15-12)17(19)7-16(10)6-8-4-2-1-3-5-8/h1-5,7H,6H2,(H3,13,14,15,18). The van der Waals surface area contributed by atoms with Crippen molar-refractivity contribution < 1.29 is 4.73 Å². The third kappa shape index (κ3) is 1.90. The molecule has 0 spiro atoms. The summed E-state index contributed by atoms with van der Waals surface area (Å²) in [6.07, 6.45) is 1.29. The van der Waals surface area contributed by atoms with Crippen LogP contribution in [0.15, 0.2) is 41.5 Å². The van der Waals surface area contributed by atoms with Gasteiger partial charge in [0.1, 0.15) is 6.54 Å². The molecule has 1 aromatic carbocycles. The van der Waals surface area contributed by atoms with Gasteiger partial charge in [0.25, 0.3) is 11.2 Å². The molecule has 3 rings (SSSR count). The number of nitrogens with zero attached hydrogens (tertiary/aromatic N) is 3. The smallest absolute Gasteiger partial charge is 0.304 e. The van der Waals surface area contributed by atoms with Gasteiger partial charge in [-0.15, -0.1) is 0 Å². The van der Waals surface area contributed by atoms with E-state index in [1.54, 1.807) is 4.57 Å². The van der Waals surface area contributed by atoms with Crippen molar-refractivity contribution in [2.24, 2.45) is 0 Å². The van der Waals surface area contributed by atoms with Gasteiger partial charge < -0.3 is 10.9 Å². The van der Waals surface area contributed by atoms with Gasteiger partial charge in [0.2, 0.25) is 12.3 Å². The largest absolute Gasteiger partial charge is 0.710 e. The second-order valence-corrected chi connectivity index (χ2v) is 4.18. The minimum Gasteiger partial charge on any atom is -0.710 e. The first kappa shape index (κ1) is 11.3. The molecule has 0 unspecified atom stereocenters. The third-order valence-corrected chi connectivity index (χ3v) is 2.83. The molecule has 2 aromatic heterocycles. The van der Waals surface area contributed by atoms with E-state index in [1.165, 1.54) is 6.33 Å². The second kappa shape index (κ2) is 4.13. The Labute approximate surface area is 107 Å². The van der Waals surface area contributed by atoms with E-state index in [0.717, 1.165) is 5.56 Å². The predicted octanol–water partition coefficient (Wildman–Crippen LogP) is -0.0115. The Morgan fingerprint density at radius 1 is 1.37 bits per heavy atom. The van der Waals surface area contributed by atoms with Crippen molar-refractivity contribution >= 4 is 17.1 Å². The Balaban J connectivity index is 2.17. The van der Waals surface area contributed by atoms with Crippen LogP contribution in [0.2, 0.25) is 0 Å². The molecule has 0 amide bonds. The van der Waals surface area contributed by atoms with Gasteiger partial charge >= 0.3 is 5.56 Å². The van der Waals surface area contributed by atoms with E-state index < -0.39 is 5.56 Å². The van der Waals surface area contributed by atoms with E-state index in [0.29, 0.717) is 11.3 Å². The minimum atomic E-state index is -0.538. The predicted molar refractivity (Wildman–Crippen MR) is 69.3 cm³/mol. The van der Waals surface area contributed by atoms with Crippen LogP contribution in [-0.2, 0) is 6.54 Å². The SMILES string of the molecule is Nc1nc2c(c(=O)[nH]1)[n+]([O-])cn2Cc1ccccc1. The van der Waals surface area contributed by atoms with Crippen molar-refractivity contribution in [2.75, 3.05) is 5.73 Å². The molecule has 0 saturated carbocycles. The van der Waals surface area contributed by atoms with Gasteiger partial charge in [-0.2, -0.15) is 4.98 Å². The molecule has 2 heterocycles. The van der Waals surface area contributed by atoms with E-state index in [1.807, 2.05) is 30.3 Å². The maximum absolute atomic E-state index is 11.7. The number of rotatable bonds is 2. The second-order valence-electron chi connectivity index (χ2n) is 4.18. The Morgan fingerprint density at radius 3 is 2.84 bits per heavy atom. The number of anilines is 1. The van der Waals surface area contributed by atoms with Gasteiger partial charge in [-0.05, 0) is 5.56 Å². The number of hydrogen-bond acceptors (Lipinski definition) is 4. The first-order chi connectivity index (χ1) is 9.15. The van der Waals surface area contributed by atoms with Crippen molar-refractivity contribution in [1.29, 1.82) is 0 Å². The Hall–Kier alpha value is -2.83. The van der Waals surface area contributed by atoms with Crippen LogP contribution in [-0.4, -0.2) is 14.5 Å². The van der Waals surface area contributed by atoms with E-state index in [9.17, 15) is 10.0 Å². The number of benzene rings is 1. The van der Waals surface area contributed by atoms with Crippen LogP contribution in [0.25, 0.3) is 11.2 Å². The number of aromatic nitrogens is 4. The fourth-order valence-electron chi connectivity index (χ4n) is 2.01. The summed E-state index contributed by atoms with van der Waals surface area (Å²) in [5.74, 6) is -0.00879. The van der Waals surface area contributed by atoms with Crippen LogP contribution < -0.4 is 16.0 Å². The first-order valence-electron chi connectivity index (χ1n) is 5.67. The van der Waals surface area contributed by atoms with Crippen molar-refractivity contribution in [3.63, 3.8) is 0 Å². The highest BCUT2D eigenvalue weighted by molar-refractivity contribution is 5.67. The van der Waals surface area contributed by atoms with E-state index in [-0.39, 0.29) is 17.1 Å². The lowest BCUT2D eigenvalue weighted by molar-refractivity contribution is -0.578. The highest BCUT2D eigenvalue weighted by Crippen LogP contribution is 2.08. The van der Waals surface area contributed by atoms with Crippen molar-refractivity contribution in [3.8, 4) is 0 Å². The molecule has 0 aliphatic rings. The number of aromatic amines is 1. The summed E-state index contributed by atoms with van der Waals surface area (Å²) >= 11 is 0. The molecule has 0 radical (unpaired) electrons. The van der Waals surface area contributed by atoms with Gasteiger partial charge in [0.05, 0.1) is 0 Å². The molecule has 7 heteroatoms. The third-order valence-electron chi connectivity index (χ3n) is 2.83. The van der Waals surface area contributed by atoms with Crippen molar-refractivity contribution in [1.82, 2.24) is 14.5 Å². The molecule has 3 N–H and O–H groups in total.